The van der Waals surface area contributed by atoms with Gasteiger partial charge in [-0.3, -0.25) is 9.59 Å². The predicted octanol–water partition coefficient (Wildman–Crippen LogP) is 3.60. The van der Waals surface area contributed by atoms with Gasteiger partial charge in [0, 0.05) is 39.0 Å². The molecule has 2 rings (SSSR count). The van der Waals surface area contributed by atoms with Crippen LogP contribution in [-0.2, 0) is 9.59 Å². The second kappa shape index (κ2) is 11.5. The molecule has 4 heteroatoms. The lowest BCUT2D eigenvalue weighted by atomic mass is 10.1. The monoisotopic (exact) mass is 310 g/mol. The van der Waals surface area contributed by atoms with Crippen molar-refractivity contribution >= 4 is 11.8 Å². The molecule has 128 valence electrons. The van der Waals surface area contributed by atoms with E-state index in [1.165, 1.54) is 38.5 Å². The van der Waals surface area contributed by atoms with Crippen LogP contribution in [-0.4, -0.2) is 47.8 Å². The minimum absolute atomic E-state index is 0.354. The van der Waals surface area contributed by atoms with Gasteiger partial charge in [0.15, 0.2) is 0 Å². The maximum absolute atomic E-state index is 11.3. The van der Waals surface area contributed by atoms with E-state index in [1.54, 1.807) is 0 Å². The molecule has 22 heavy (non-hydrogen) atoms. The van der Waals surface area contributed by atoms with Gasteiger partial charge in [-0.25, -0.2) is 0 Å². The fourth-order valence-corrected chi connectivity index (χ4v) is 3.03. The van der Waals surface area contributed by atoms with Crippen molar-refractivity contribution in [3.8, 4) is 0 Å². The minimum atomic E-state index is 0.354. The molecule has 2 aliphatic heterocycles. The zero-order valence-electron chi connectivity index (χ0n) is 14.6. The molecule has 0 bridgehead atoms. The van der Waals surface area contributed by atoms with E-state index in [4.69, 9.17) is 0 Å². The molecule has 2 fully saturated rings. The molecule has 0 aromatic carbocycles. The Balaban J connectivity index is 0.000000220. The summed E-state index contributed by atoms with van der Waals surface area (Å²) in [5.74, 6) is 0.708. The number of nitrogens with zero attached hydrogens (tertiary/aromatic N) is 2. The molecule has 0 N–H and O–H groups in total. The van der Waals surface area contributed by atoms with Crippen LogP contribution in [0.25, 0.3) is 0 Å². The summed E-state index contributed by atoms with van der Waals surface area (Å²) in [4.78, 5) is 26.7. The number of carbonyl (C=O) groups is 2. The quantitative estimate of drug-likeness (QED) is 0.796. The van der Waals surface area contributed by atoms with Crippen molar-refractivity contribution in [3.63, 3.8) is 0 Å². The molecule has 0 aliphatic carbocycles. The maximum Gasteiger partial charge on any atom is 0.222 e. The van der Waals surface area contributed by atoms with Crippen LogP contribution in [0.5, 0.6) is 0 Å². The number of piperidine rings is 2. The fourth-order valence-electron chi connectivity index (χ4n) is 3.03. The van der Waals surface area contributed by atoms with Crippen LogP contribution >= 0.6 is 0 Å². The Morgan fingerprint density at radius 3 is 1.23 bits per heavy atom. The van der Waals surface area contributed by atoms with Gasteiger partial charge in [-0.05, 0) is 51.4 Å². The average Bonchev–Trinajstić information content (AvgIpc) is 2.57. The lowest BCUT2D eigenvalue weighted by Crippen LogP contribution is -2.35. The summed E-state index contributed by atoms with van der Waals surface area (Å²) in [6.45, 7) is 8.11. The molecule has 0 radical (unpaired) electrons. The minimum Gasteiger partial charge on any atom is -0.343 e. The molecule has 4 nitrogen and oxygen atoms in total. The van der Waals surface area contributed by atoms with E-state index < -0.39 is 0 Å². The van der Waals surface area contributed by atoms with Gasteiger partial charge in [0.1, 0.15) is 0 Å². The highest BCUT2D eigenvalue weighted by Crippen LogP contribution is 2.11. The molecule has 2 amide bonds. The summed E-state index contributed by atoms with van der Waals surface area (Å²) in [6, 6.07) is 0. The van der Waals surface area contributed by atoms with Gasteiger partial charge in [-0.1, -0.05) is 13.8 Å². The van der Waals surface area contributed by atoms with Gasteiger partial charge in [0.2, 0.25) is 11.8 Å². The summed E-state index contributed by atoms with van der Waals surface area (Å²) < 4.78 is 0. The average molecular weight is 310 g/mol. The van der Waals surface area contributed by atoms with Crippen molar-refractivity contribution in [1.82, 2.24) is 9.80 Å². The predicted molar refractivity (Wildman–Crippen MR) is 90.7 cm³/mol. The Morgan fingerprint density at radius 1 is 0.636 bits per heavy atom. The summed E-state index contributed by atoms with van der Waals surface area (Å²) in [5, 5.41) is 0. The van der Waals surface area contributed by atoms with E-state index in [0.717, 1.165) is 51.9 Å². The number of hydrogen-bond acceptors (Lipinski definition) is 2. The van der Waals surface area contributed by atoms with Crippen molar-refractivity contribution in [1.29, 1.82) is 0 Å². The topological polar surface area (TPSA) is 40.6 Å². The standard InChI is InChI=1S/2C9H17NO/c2*1-2-6-9(11)10-7-4-3-5-8-10/h2*2-8H2,1H3. The van der Waals surface area contributed by atoms with Gasteiger partial charge in [-0.2, -0.15) is 0 Å². The number of carbonyl (C=O) groups excluding carboxylic acids is 2. The molecule has 0 atom stereocenters. The highest BCUT2D eigenvalue weighted by molar-refractivity contribution is 5.76. The molecule has 2 heterocycles. The highest BCUT2D eigenvalue weighted by atomic mass is 16.2. The smallest absolute Gasteiger partial charge is 0.222 e. The first-order chi connectivity index (χ1) is 10.7. The largest absolute Gasteiger partial charge is 0.343 e. The van der Waals surface area contributed by atoms with E-state index in [9.17, 15) is 9.59 Å². The van der Waals surface area contributed by atoms with Crippen LogP contribution in [0.3, 0.4) is 0 Å². The van der Waals surface area contributed by atoms with Crippen molar-refractivity contribution in [2.24, 2.45) is 0 Å². The third-order valence-corrected chi connectivity index (χ3v) is 4.35. The van der Waals surface area contributed by atoms with Crippen molar-refractivity contribution in [2.45, 2.75) is 78.1 Å². The van der Waals surface area contributed by atoms with E-state index >= 15 is 0 Å². The Hall–Kier alpha value is -1.06. The summed E-state index contributed by atoms with van der Waals surface area (Å²) in [6.07, 6.45) is 10.9. The molecule has 0 aromatic rings. The first-order valence-electron chi connectivity index (χ1n) is 9.24. The third-order valence-electron chi connectivity index (χ3n) is 4.35. The van der Waals surface area contributed by atoms with Crippen molar-refractivity contribution < 1.29 is 9.59 Å². The third kappa shape index (κ3) is 7.28. The van der Waals surface area contributed by atoms with Crippen LogP contribution in [0, 0.1) is 0 Å². The zero-order chi connectivity index (χ0) is 16.2. The van der Waals surface area contributed by atoms with E-state index in [1.807, 2.05) is 9.80 Å². The van der Waals surface area contributed by atoms with Crippen LogP contribution in [0.15, 0.2) is 0 Å². The normalized spacial score (nSPS) is 18.5. The second-order valence-corrected chi connectivity index (χ2v) is 6.38. The zero-order valence-corrected chi connectivity index (χ0v) is 14.6. The van der Waals surface area contributed by atoms with Crippen LogP contribution in [0.4, 0.5) is 0 Å². The Morgan fingerprint density at radius 2 is 0.955 bits per heavy atom. The molecule has 2 saturated heterocycles. The first-order valence-corrected chi connectivity index (χ1v) is 9.24. The van der Waals surface area contributed by atoms with Gasteiger partial charge in [0.05, 0.1) is 0 Å². The number of amides is 2. The Bertz CT molecular complexity index is 287. The van der Waals surface area contributed by atoms with Crippen LogP contribution in [0.2, 0.25) is 0 Å². The molecular weight excluding hydrogens is 276 g/mol. The van der Waals surface area contributed by atoms with Gasteiger partial charge >= 0.3 is 0 Å². The molecule has 0 saturated carbocycles. The Kier molecular flexibility index (Phi) is 9.93. The van der Waals surface area contributed by atoms with E-state index in [0.29, 0.717) is 11.8 Å². The van der Waals surface area contributed by atoms with Gasteiger partial charge in [-0.15, -0.1) is 0 Å². The van der Waals surface area contributed by atoms with Crippen LogP contribution < -0.4 is 0 Å². The highest BCUT2D eigenvalue weighted by Gasteiger charge is 2.15. The lowest BCUT2D eigenvalue weighted by molar-refractivity contribution is -0.132. The van der Waals surface area contributed by atoms with Crippen molar-refractivity contribution in [3.05, 3.63) is 0 Å². The summed E-state index contributed by atoms with van der Waals surface area (Å²) in [5.41, 5.74) is 0. The number of likely N-dealkylation sites (tertiary alicyclic amines) is 2. The maximum atomic E-state index is 11.3. The number of hydrogen-bond donors (Lipinski definition) is 0. The summed E-state index contributed by atoms with van der Waals surface area (Å²) in [7, 11) is 0. The first kappa shape index (κ1) is 19.0. The summed E-state index contributed by atoms with van der Waals surface area (Å²) >= 11 is 0. The molecule has 2 aliphatic rings. The van der Waals surface area contributed by atoms with Crippen molar-refractivity contribution in [2.75, 3.05) is 26.2 Å². The SMILES string of the molecule is CCCC(=O)N1CCCCC1.CCCC(=O)N1CCCCC1. The van der Waals surface area contributed by atoms with E-state index in [-0.39, 0.29) is 0 Å². The van der Waals surface area contributed by atoms with E-state index in [2.05, 4.69) is 13.8 Å². The number of rotatable bonds is 4. The van der Waals surface area contributed by atoms with Crippen LogP contribution in [0.1, 0.15) is 78.1 Å². The molecular formula is C18H34N2O2. The lowest BCUT2D eigenvalue weighted by Gasteiger charge is -2.26. The molecule has 0 aromatic heterocycles. The molecule has 0 unspecified atom stereocenters. The fraction of sp³-hybridized carbons (Fsp3) is 0.889. The van der Waals surface area contributed by atoms with Gasteiger partial charge < -0.3 is 9.80 Å². The van der Waals surface area contributed by atoms with Gasteiger partial charge in [0.25, 0.3) is 0 Å². The molecule has 0 spiro atoms. The Labute approximate surface area is 136 Å². The second-order valence-electron chi connectivity index (χ2n) is 6.38.